The van der Waals surface area contributed by atoms with Gasteiger partial charge >= 0.3 is 0 Å². The summed E-state index contributed by atoms with van der Waals surface area (Å²) in [5.74, 6) is 0.0796. The molecule has 0 radical (unpaired) electrons. The molecule has 2 N–H and O–H groups in total. The van der Waals surface area contributed by atoms with Gasteiger partial charge in [0.2, 0.25) is 0 Å². The zero-order valence-electron chi connectivity index (χ0n) is 8.93. The molecular formula is C12H12N2OS. The Morgan fingerprint density at radius 3 is 2.94 bits per heavy atom. The van der Waals surface area contributed by atoms with E-state index in [4.69, 9.17) is 5.73 Å². The highest BCUT2D eigenvalue weighted by Gasteiger charge is 2.09. The van der Waals surface area contributed by atoms with Crippen molar-refractivity contribution in [2.75, 3.05) is 5.73 Å². The van der Waals surface area contributed by atoms with Crippen molar-refractivity contribution in [2.24, 2.45) is 0 Å². The van der Waals surface area contributed by atoms with Crippen molar-refractivity contribution >= 4 is 22.8 Å². The standard InChI is InChI=1S/C12H12N2OS/c1-8-2-3-9(4-11(8)13)12(15)5-10-6-14-7-16-10/h2-4,6-7H,5,13H2,1H3. The quantitative estimate of drug-likeness (QED) is 0.653. The molecule has 0 atom stereocenters. The number of anilines is 1. The van der Waals surface area contributed by atoms with Crippen molar-refractivity contribution in [3.8, 4) is 0 Å². The second-order valence-electron chi connectivity index (χ2n) is 3.64. The lowest BCUT2D eigenvalue weighted by molar-refractivity contribution is 0.0994. The molecule has 2 rings (SSSR count). The number of nitrogens with zero attached hydrogens (tertiary/aromatic N) is 1. The minimum absolute atomic E-state index is 0.0796. The number of rotatable bonds is 3. The fourth-order valence-electron chi connectivity index (χ4n) is 1.40. The van der Waals surface area contributed by atoms with E-state index >= 15 is 0 Å². The molecule has 0 aliphatic rings. The van der Waals surface area contributed by atoms with E-state index in [1.54, 1.807) is 17.8 Å². The Morgan fingerprint density at radius 1 is 1.50 bits per heavy atom. The molecule has 0 fully saturated rings. The van der Waals surface area contributed by atoms with E-state index in [0.717, 1.165) is 10.4 Å². The van der Waals surface area contributed by atoms with Crippen LogP contribution in [0, 0.1) is 6.92 Å². The first-order chi connectivity index (χ1) is 7.66. The zero-order valence-corrected chi connectivity index (χ0v) is 9.75. The van der Waals surface area contributed by atoms with Crippen molar-refractivity contribution < 1.29 is 4.79 Å². The zero-order chi connectivity index (χ0) is 11.5. The van der Waals surface area contributed by atoms with Gasteiger partial charge in [0, 0.05) is 28.7 Å². The summed E-state index contributed by atoms with van der Waals surface area (Å²) in [6.45, 7) is 1.92. The molecule has 0 amide bonds. The molecule has 0 aliphatic heterocycles. The Labute approximate surface area is 97.9 Å². The predicted molar refractivity (Wildman–Crippen MR) is 65.7 cm³/mol. The van der Waals surface area contributed by atoms with E-state index in [2.05, 4.69) is 4.98 Å². The predicted octanol–water partition coefficient (Wildman–Crippen LogP) is 2.46. The van der Waals surface area contributed by atoms with Crippen molar-refractivity contribution in [2.45, 2.75) is 13.3 Å². The number of thiazole rings is 1. The minimum atomic E-state index is 0.0796. The van der Waals surface area contributed by atoms with E-state index in [-0.39, 0.29) is 5.78 Å². The highest BCUT2D eigenvalue weighted by Crippen LogP contribution is 2.16. The van der Waals surface area contributed by atoms with Crippen molar-refractivity contribution in [1.82, 2.24) is 4.98 Å². The number of hydrogen-bond donors (Lipinski definition) is 1. The Balaban J connectivity index is 2.18. The first-order valence-electron chi connectivity index (χ1n) is 4.93. The van der Waals surface area contributed by atoms with Gasteiger partial charge in [-0.3, -0.25) is 9.78 Å². The second-order valence-corrected chi connectivity index (χ2v) is 4.61. The minimum Gasteiger partial charge on any atom is -0.398 e. The lowest BCUT2D eigenvalue weighted by Gasteiger charge is -2.03. The number of hydrogen-bond acceptors (Lipinski definition) is 4. The highest BCUT2D eigenvalue weighted by atomic mass is 32.1. The smallest absolute Gasteiger partial charge is 0.168 e. The third-order valence-corrected chi connectivity index (χ3v) is 3.20. The van der Waals surface area contributed by atoms with Crippen LogP contribution in [0.3, 0.4) is 0 Å². The lowest BCUT2D eigenvalue weighted by atomic mass is 10.0. The van der Waals surface area contributed by atoms with Crippen LogP contribution in [0.2, 0.25) is 0 Å². The van der Waals surface area contributed by atoms with Gasteiger partial charge in [0.1, 0.15) is 0 Å². The summed E-state index contributed by atoms with van der Waals surface area (Å²) in [6.07, 6.45) is 2.12. The van der Waals surface area contributed by atoms with E-state index < -0.39 is 0 Å². The van der Waals surface area contributed by atoms with E-state index in [1.165, 1.54) is 11.3 Å². The van der Waals surface area contributed by atoms with Gasteiger partial charge in [0.25, 0.3) is 0 Å². The van der Waals surface area contributed by atoms with Gasteiger partial charge < -0.3 is 5.73 Å². The van der Waals surface area contributed by atoms with Crippen LogP contribution >= 0.6 is 11.3 Å². The summed E-state index contributed by atoms with van der Waals surface area (Å²) in [6, 6.07) is 5.42. The number of aromatic nitrogens is 1. The Hall–Kier alpha value is -1.68. The van der Waals surface area contributed by atoms with Crippen LogP contribution in [0.15, 0.2) is 29.9 Å². The van der Waals surface area contributed by atoms with Gasteiger partial charge in [0.15, 0.2) is 5.78 Å². The molecule has 0 bridgehead atoms. The second kappa shape index (κ2) is 4.45. The van der Waals surface area contributed by atoms with Crippen LogP contribution in [0.1, 0.15) is 20.8 Å². The maximum absolute atomic E-state index is 11.9. The lowest BCUT2D eigenvalue weighted by Crippen LogP contribution is -2.03. The summed E-state index contributed by atoms with van der Waals surface area (Å²) < 4.78 is 0. The fraction of sp³-hybridized carbons (Fsp3) is 0.167. The molecule has 0 spiro atoms. The van der Waals surface area contributed by atoms with Crippen LogP contribution in [0.25, 0.3) is 0 Å². The molecule has 0 aliphatic carbocycles. The number of carbonyl (C=O) groups excluding carboxylic acids is 1. The van der Waals surface area contributed by atoms with Gasteiger partial charge in [-0.15, -0.1) is 11.3 Å². The third-order valence-electron chi connectivity index (χ3n) is 2.42. The average Bonchev–Trinajstić information content (AvgIpc) is 2.74. The van der Waals surface area contributed by atoms with Gasteiger partial charge in [-0.2, -0.15) is 0 Å². The summed E-state index contributed by atoms with van der Waals surface area (Å²) >= 11 is 1.49. The maximum atomic E-state index is 11.9. The molecular weight excluding hydrogens is 220 g/mol. The summed E-state index contributed by atoms with van der Waals surface area (Å²) in [4.78, 5) is 16.8. The number of nitrogens with two attached hydrogens (primary N) is 1. The van der Waals surface area contributed by atoms with Crippen LogP contribution < -0.4 is 5.73 Å². The summed E-state index contributed by atoms with van der Waals surface area (Å²) in [5, 5.41) is 0. The van der Waals surface area contributed by atoms with Crippen LogP contribution in [-0.2, 0) is 6.42 Å². The number of nitrogen functional groups attached to an aromatic ring is 1. The van der Waals surface area contributed by atoms with Gasteiger partial charge in [-0.25, -0.2) is 0 Å². The number of carbonyl (C=O) groups is 1. The molecule has 4 heteroatoms. The molecule has 1 aromatic carbocycles. The molecule has 1 aromatic heterocycles. The first-order valence-corrected chi connectivity index (χ1v) is 5.81. The normalized spacial score (nSPS) is 10.3. The van der Waals surface area contributed by atoms with Gasteiger partial charge in [0.05, 0.1) is 5.51 Å². The molecule has 16 heavy (non-hydrogen) atoms. The van der Waals surface area contributed by atoms with Crippen molar-refractivity contribution in [3.63, 3.8) is 0 Å². The van der Waals surface area contributed by atoms with Crippen LogP contribution in [-0.4, -0.2) is 10.8 Å². The van der Waals surface area contributed by atoms with Crippen molar-refractivity contribution in [3.05, 3.63) is 45.9 Å². The van der Waals surface area contributed by atoms with Crippen LogP contribution in [0.4, 0.5) is 5.69 Å². The average molecular weight is 232 g/mol. The topological polar surface area (TPSA) is 56.0 Å². The van der Waals surface area contributed by atoms with E-state index in [1.807, 2.05) is 19.1 Å². The Morgan fingerprint density at radius 2 is 2.31 bits per heavy atom. The molecule has 2 aromatic rings. The molecule has 82 valence electrons. The fourth-order valence-corrected chi connectivity index (χ4v) is 2.00. The van der Waals surface area contributed by atoms with Crippen LogP contribution in [0.5, 0.6) is 0 Å². The monoisotopic (exact) mass is 232 g/mol. The van der Waals surface area contributed by atoms with Crippen molar-refractivity contribution in [1.29, 1.82) is 0 Å². The Kier molecular flexibility index (Phi) is 3.01. The SMILES string of the molecule is Cc1ccc(C(=O)Cc2cncs2)cc1N. The summed E-state index contributed by atoms with van der Waals surface area (Å²) in [7, 11) is 0. The van der Waals surface area contributed by atoms with Gasteiger partial charge in [-0.1, -0.05) is 12.1 Å². The maximum Gasteiger partial charge on any atom is 0.168 e. The van der Waals surface area contributed by atoms with E-state index in [9.17, 15) is 4.79 Å². The number of aryl methyl sites for hydroxylation is 1. The largest absolute Gasteiger partial charge is 0.398 e. The van der Waals surface area contributed by atoms with Gasteiger partial charge in [-0.05, 0) is 18.6 Å². The molecule has 0 saturated heterocycles. The van der Waals surface area contributed by atoms with E-state index in [0.29, 0.717) is 17.7 Å². The highest BCUT2D eigenvalue weighted by molar-refractivity contribution is 7.09. The molecule has 0 saturated carbocycles. The number of ketones is 1. The number of benzene rings is 1. The molecule has 0 unspecified atom stereocenters. The molecule has 3 nitrogen and oxygen atoms in total. The third kappa shape index (κ3) is 2.28. The first kappa shape index (κ1) is 10.8. The number of Topliss-reactive ketones (excluding diaryl/α,β-unsaturated/α-hetero) is 1. The molecule has 1 heterocycles. The Bertz CT molecular complexity index is 506. The summed E-state index contributed by atoms with van der Waals surface area (Å²) in [5.41, 5.74) is 9.82.